The second-order valence-electron chi connectivity index (χ2n) is 10.7. The molecular formula is C28H34N8O12. The molecule has 48 heavy (non-hydrogen) atoms. The predicted molar refractivity (Wildman–Crippen MR) is 162 cm³/mol. The van der Waals surface area contributed by atoms with Crippen molar-refractivity contribution in [2.45, 2.75) is 69.1 Å². The third kappa shape index (κ3) is 8.74. The van der Waals surface area contributed by atoms with Crippen LogP contribution in [0.15, 0.2) is 35.3 Å². The number of benzene rings is 1. The highest BCUT2D eigenvalue weighted by molar-refractivity contribution is 5.97. The molecule has 1 fully saturated rings. The van der Waals surface area contributed by atoms with Gasteiger partial charge in [0.1, 0.15) is 24.4 Å². The summed E-state index contributed by atoms with van der Waals surface area (Å²) in [7, 11) is 0. The summed E-state index contributed by atoms with van der Waals surface area (Å²) in [4.78, 5) is 75.0. The zero-order valence-corrected chi connectivity index (χ0v) is 25.3. The summed E-state index contributed by atoms with van der Waals surface area (Å²) in [5.41, 5.74) is 12.2. The molecule has 20 nitrogen and oxygen atoms in total. The zero-order valence-electron chi connectivity index (χ0n) is 25.3. The van der Waals surface area contributed by atoms with Crippen molar-refractivity contribution in [3.05, 3.63) is 52.1 Å². The van der Waals surface area contributed by atoms with Crippen LogP contribution < -0.4 is 27.7 Å². The van der Waals surface area contributed by atoms with Gasteiger partial charge in [0, 0.05) is 17.7 Å². The van der Waals surface area contributed by atoms with E-state index in [1.54, 1.807) is 12.1 Å². The van der Waals surface area contributed by atoms with Gasteiger partial charge in [-0.05, 0) is 37.6 Å². The molecular weight excluding hydrogens is 640 g/mol. The number of nitrogen functional groups attached to an aromatic ring is 1. The first-order valence-corrected chi connectivity index (χ1v) is 14.4. The Morgan fingerprint density at radius 1 is 1.12 bits per heavy atom. The zero-order chi connectivity index (χ0) is 35.1. The Kier molecular flexibility index (Phi) is 11.5. The van der Waals surface area contributed by atoms with E-state index in [1.807, 2.05) is 0 Å². The number of fused-ring (bicyclic) bond motifs is 1. The number of aliphatic carboxylic acids is 2. The maximum atomic E-state index is 12.8. The quantitative estimate of drug-likeness (QED) is 0.0810. The summed E-state index contributed by atoms with van der Waals surface area (Å²) in [5, 5.41) is 44.1. The first kappa shape index (κ1) is 35.6. The Balaban J connectivity index is 1.30. The number of hydrogen-bond acceptors (Lipinski definition) is 16. The summed E-state index contributed by atoms with van der Waals surface area (Å²) < 4.78 is 15.8. The minimum absolute atomic E-state index is 0.0173. The van der Waals surface area contributed by atoms with Crippen molar-refractivity contribution in [1.29, 1.82) is 0 Å². The number of aliphatic hydroxyl groups is 2. The van der Waals surface area contributed by atoms with Gasteiger partial charge in [-0.2, -0.15) is 4.98 Å². The standard InChI is InChI=1S/C28H34N8O12/c1-11(25(42)43)46-21-18(29)27(47-16(10-37)20(21)39)48-17(38)7-6-15(26(44)45)34-23(40)12-2-4-13(5-3-12)31-8-14-9-32-22-19(33-14)24(41)36-28(30)35-22/h2-5,9,11,15-16,18,20-21,27,31,37,39H,6-8,10,29H2,1H3,(H,34,40)(H,42,43)(H,44,45)(H3,30,32,35,36,41)/t11-,15+,16-,18-,20-,21-,27?/m1/s1. The number of hydrogen-bond donors (Lipinski definition) is 9. The van der Waals surface area contributed by atoms with E-state index in [0.29, 0.717) is 11.4 Å². The predicted octanol–water partition coefficient (Wildman–Crippen LogP) is -2.32. The molecule has 2 aromatic heterocycles. The first-order valence-electron chi connectivity index (χ1n) is 14.4. The number of nitrogens with one attached hydrogen (secondary N) is 3. The van der Waals surface area contributed by atoms with Crippen molar-refractivity contribution in [2.24, 2.45) is 5.73 Å². The third-order valence-electron chi connectivity index (χ3n) is 7.20. The molecule has 11 N–H and O–H groups in total. The van der Waals surface area contributed by atoms with Crippen LogP contribution in [0.5, 0.6) is 0 Å². The van der Waals surface area contributed by atoms with Crippen LogP contribution in [-0.2, 0) is 35.1 Å². The van der Waals surface area contributed by atoms with Gasteiger partial charge in [-0.3, -0.25) is 19.4 Å². The van der Waals surface area contributed by atoms with Gasteiger partial charge in [0.15, 0.2) is 17.3 Å². The third-order valence-corrected chi connectivity index (χ3v) is 7.20. The van der Waals surface area contributed by atoms with E-state index < -0.39 is 85.2 Å². The number of anilines is 2. The Hall–Kier alpha value is -5.28. The monoisotopic (exact) mass is 674 g/mol. The molecule has 3 aromatic rings. The number of carboxylic acids is 2. The van der Waals surface area contributed by atoms with Crippen LogP contribution in [0.4, 0.5) is 11.6 Å². The number of carboxylic acid groups (broad SMARTS) is 2. The molecule has 0 bridgehead atoms. The molecule has 0 saturated carbocycles. The normalized spacial score (nSPS) is 22.0. The number of ether oxygens (including phenoxy) is 3. The molecule has 1 aliphatic rings. The van der Waals surface area contributed by atoms with Gasteiger partial charge in [0.25, 0.3) is 11.5 Å². The molecule has 4 rings (SSSR count). The summed E-state index contributed by atoms with van der Waals surface area (Å²) in [6.45, 7) is 0.632. The lowest BCUT2D eigenvalue weighted by atomic mass is 9.97. The summed E-state index contributed by atoms with van der Waals surface area (Å²) in [5.74, 6) is -4.57. The van der Waals surface area contributed by atoms with Crippen LogP contribution in [-0.4, -0.2) is 114 Å². The number of carbonyl (C=O) groups excluding carboxylic acids is 2. The molecule has 7 atom stereocenters. The number of nitrogens with zero attached hydrogens (tertiary/aromatic N) is 3. The van der Waals surface area contributed by atoms with Gasteiger partial charge < -0.3 is 56.7 Å². The fraction of sp³-hybridized carbons (Fsp3) is 0.429. The maximum Gasteiger partial charge on any atom is 0.332 e. The van der Waals surface area contributed by atoms with Crippen LogP contribution in [0.2, 0.25) is 0 Å². The molecule has 0 spiro atoms. The molecule has 0 radical (unpaired) electrons. The molecule has 1 saturated heterocycles. The van der Waals surface area contributed by atoms with E-state index >= 15 is 0 Å². The molecule has 1 aliphatic heterocycles. The van der Waals surface area contributed by atoms with Crippen LogP contribution in [0.3, 0.4) is 0 Å². The summed E-state index contributed by atoms with van der Waals surface area (Å²) >= 11 is 0. The number of rotatable bonds is 14. The molecule has 3 heterocycles. The minimum Gasteiger partial charge on any atom is -0.480 e. The van der Waals surface area contributed by atoms with E-state index in [4.69, 9.17) is 30.8 Å². The topological polar surface area (TPSA) is 325 Å². The fourth-order valence-electron chi connectivity index (χ4n) is 4.60. The number of carbonyl (C=O) groups is 4. The van der Waals surface area contributed by atoms with Gasteiger partial charge in [-0.25, -0.2) is 19.6 Å². The number of amides is 1. The van der Waals surface area contributed by atoms with Crippen molar-refractivity contribution in [1.82, 2.24) is 25.3 Å². The van der Waals surface area contributed by atoms with Gasteiger partial charge in [-0.1, -0.05) is 0 Å². The van der Waals surface area contributed by atoms with Gasteiger partial charge in [0.05, 0.1) is 31.1 Å². The molecule has 1 unspecified atom stereocenters. The van der Waals surface area contributed by atoms with E-state index in [1.165, 1.54) is 25.3 Å². The van der Waals surface area contributed by atoms with Gasteiger partial charge >= 0.3 is 17.9 Å². The number of aromatic amines is 1. The van der Waals surface area contributed by atoms with Crippen molar-refractivity contribution in [2.75, 3.05) is 17.7 Å². The number of aliphatic hydroxyl groups excluding tert-OH is 2. The molecule has 0 aliphatic carbocycles. The highest BCUT2D eigenvalue weighted by Gasteiger charge is 2.47. The van der Waals surface area contributed by atoms with Crippen LogP contribution in [0.1, 0.15) is 35.8 Å². The number of aromatic nitrogens is 4. The van der Waals surface area contributed by atoms with E-state index in [9.17, 15) is 39.3 Å². The Bertz CT molecular complexity index is 1700. The average Bonchev–Trinajstić information content (AvgIpc) is 3.05. The molecule has 1 aromatic carbocycles. The first-order chi connectivity index (χ1) is 22.8. The van der Waals surface area contributed by atoms with E-state index in [2.05, 4.69) is 30.6 Å². The van der Waals surface area contributed by atoms with Crippen molar-refractivity contribution in [3.63, 3.8) is 0 Å². The molecule has 258 valence electrons. The second kappa shape index (κ2) is 15.5. The summed E-state index contributed by atoms with van der Waals surface area (Å²) in [6, 6.07) is 3.14. The highest BCUT2D eigenvalue weighted by atomic mass is 16.7. The SMILES string of the molecule is C[C@@H](O[C@H]1[C@H](O)[C@@H](CO)OC(OC(=O)CC[C@H](NC(=O)c2ccc(NCc3cnc4nc(N)[nH]c(=O)c4n3)cc2)C(=O)O)[C@@H]1N)C(=O)O. The van der Waals surface area contributed by atoms with E-state index in [-0.39, 0.29) is 35.6 Å². The highest BCUT2D eigenvalue weighted by Crippen LogP contribution is 2.25. The van der Waals surface area contributed by atoms with Crippen molar-refractivity contribution in [3.8, 4) is 0 Å². The van der Waals surface area contributed by atoms with Crippen molar-refractivity contribution < 1.29 is 53.8 Å². The average molecular weight is 675 g/mol. The maximum absolute atomic E-state index is 12.8. The van der Waals surface area contributed by atoms with Crippen LogP contribution in [0.25, 0.3) is 11.2 Å². The largest absolute Gasteiger partial charge is 0.480 e. The Morgan fingerprint density at radius 3 is 2.48 bits per heavy atom. The van der Waals surface area contributed by atoms with E-state index in [0.717, 1.165) is 0 Å². The number of H-pyrrole nitrogens is 1. The van der Waals surface area contributed by atoms with Gasteiger partial charge in [0.2, 0.25) is 12.2 Å². The molecule has 20 heteroatoms. The fourth-order valence-corrected chi connectivity index (χ4v) is 4.60. The number of esters is 1. The number of nitrogens with two attached hydrogens (primary N) is 2. The van der Waals surface area contributed by atoms with Crippen molar-refractivity contribution >= 4 is 46.6 Å². The Labute approximate surface area is 270 Å². The Morgan fingerprint density at radius 2 is 1.83 bits per heavy atom. The lowest BCUT2D eigenvalue weighted by Crippen LogP contribution is -2.64. The lowest BCUT2D eigenvalue weighted by Gasteiger charge is -2.42. The minimum atomic E-state index is -1.57. The van der Waals surface area contributed by atoms with Crippen LogP contribution in [0, 0.1) is 0 Å². The van der Waals surface area contributed by atoms with Gasteiger partial charge in [-0.15, -0.1) is 0 Å². The lowest BCUT2D eigenvalue weighted by molar-refractivity contribution is -0.270. The van der Waals surface area contributed by atoms with Crippen LogP contribution >= 0.6 is 0 Å². The summed E-state index contributed by atoms with van der Waals surface area (Å²) in [6.07, 6.45) is -6.69. The smallest absolute Gasteiger partial charge is 0.332 e. The second-order valence-corrected chi connectivity index (χ2v) is 10.7. The molecule has 1 amide bonds.